The highest BCUT2D eigenvalue weighted by Crippen LogP contribution is 2.34. The minimum absolute atomic E-state index is 0.0447. The van der Waals surface area contributed by atoms with Crippen LogP contribution in [0.25, 0.3) is 0 Å². The van der Waals surface area contributed by atoms with Gasteiger partial charge in [0, 0.05) is 19.0 Å². The van der Waals surface area contributed by atoms with Gasteiger partial charge in [0.05, 0.1) is 5.92 Å². The maximum Gasteiger partial charge on any atom is 0.306 e. The first-order valence-corrected chi connectivity index (χ1v) is 5.59. The minimum Gasteiger partial charge on any atom is -0.481 e. The lowest BCUT2D eigenvalue weighted by Gasteiger charge is -2.20. The molecule has 15 heavy (non-hydrogen) atoms. The predicted molar refractivity (Wildman–Crippen MR) is 54.3 cm³/mol. The Morgan fingerprint density at radius 3 is 2.20 bits per heavy atom. The average Bonchev–Trinajstić information content (AvgIpc) is 2.93. The van der Waals surface area contributed by atoms with Crippen LogP contribution in [0.5, 0.6) is 0 Å². The molecule has 0 unspecified atom stereocenters. The molecule has 2 saturated carbocycles. The lowest BCUT2D eigenvalue weighted by molar-refractivity contribution is -0.141. The second-order valence-corrected chi connectivity index (χ2v) is 4.73. The highest BCUT2D eigenvalue weighted by Gasteiger charge is 2.38. The molecular weight excluding hydrogens is 194 g/mol. The van der Waals surface area contributed by atoms with Crippen molar-refractivity contribution in [1.82, 2.24) is 4.90 Å². The van der Waals surface area contributed by atoms with Gasteiger partial charge in [-0.1, -0.05) is 0 Å². The van der Waals surface area contributed by atoms with Gasteiger partial charge in [-0.15, -0.1) is 0 Å². The van der Waals surface area contributed by atoms with Crippen molar-refractivity contribution in [3.05, 3.63) is 0 Å². The van der Waals surface area contributed by atoms with Crippen molar-refractivity contribution < 1.29 is 14.7 Å². The fourth-order valence-electron chi connectivity index (χ4n) is 2.36. The normalized spacial score (nSPS) is 30.2. The van der Waals surface area contributed by atoms with Crippen LogP contribution >= 0.6 is 0 Å². The number of carbonyl (C=O) groups is 2. The summed E-state index contributed by atoms with van der Waals surface area (Å²) in [5, 5.41) is 8.85. The van der Waals surface area contributed by atoms with Crippen molar-refractivity contribution in [3.8, 4) is 0 Å². The molecule has 0 saturated heterocycles. The molecule has 0 radical (unpaired) electrons. The van der Waals surface area contributed by atoms with Crippen LogP contribution in [0.2, 0.25) is 0 Å². The van der Waals surface area contributed by atoms with Gasteiger partial charge in [0.2, 0.25) is 5.91 Å². The van der Waals surface area contributed by atoms with E-state index < -0.39 is 5.97 Å². The van der Waals surface area contributed by atoms with Crippen molar-refractivity contribution in [2.24, 2.45) is 11.8 Å². The van der Waals surface area contributed by atoms with Crippen molar-refractivity contribution in [2.75, 3.05) is 7.05 Å². The molecule has 0 heterocycles. The van der Waals surface area contributed by atoms with Gasteiger partial charge >= 0.3 is 5.97 Å². The maximum atomic E-state index is 11.9. The highest BCUT2D eigenvalue weighted by molar-refractivity contribution is 5.81. The summed E-state index contributed by atoms with van der Waals surface area (Å²) in [4.78, 5) is 24.5. The van der Waals surface area contributed by atoms with Gasteiger partial charge in [-0.2, -0.15) is 0 Å². The topological polar surface area (TPSA) is 57.6 Å². The van der Waals surface area contributed by atoms with E-state index in [4.69, 9.17) is 5.11 Å². The Hall–Kier alpha value is -1.06. The molecule has 2 aliphatic rings. The standard InChI is InChI=1S/C11H17NO3/c1-12(9-4-5-9)10(13)7-2-3-8(6-7)11(14)15/h7-9H,2-6H2,1H3,(H,14,15)/t7-,8+/m1/s1. The van der Waals surface area contributed by atoms with E-state index in [0.717, 1.165) is 19.3 Å². The number of hydrogen-bond acceptors (Lipinski definition) is 2. The molecule has 0 bridgehead atoms. The number of aliphatic carboxylic acids is 1. The van der Waals surface area contributed by atoms with E-state index in [-0.39, 0.29) is 17.7 Å². The van der Waals surface area contributed by atoms with E-state index in [1.165, 1.54) is 0 Å². The third kappa shape index (κ3) is 2.13. The fraction of sp³-hybridized carbons (Fsp3) is 0.818. The van der Waals surface area contributed by atoms with E-state index in [0.29, 0.717) is 18.9 Å². The summed E-state index contributed by atoms with van der Waals surface area (Å²) in [6.07, 6.45) is 4.15. The van der Waals surface area contributed by atoms with Crippen LogP contribution in [0.3, 0.4) is 0 Å². The summed E-state index contributed by atoms with van der Waals surface area (Å²) in [7, 11) is 1.84. The average molecular weight is 211 g/mol. The second kappa shape index (κ2) is 3.83. The monoisotopic (exact) mass is 211 g/mol. The van der Waals surface area contributed by atoms with E-state index in [9.17, 15) is 9.59 Å². The van der Waals surface area contributed by atoms with E-state index in [1.54, 1.807) is 0 Å². The van der Waals surface area contributed by atoms with Crippen LogP contribution in [0, 0.1) is 11.8 Å². The van der Waals surface area contributed by atoms with Crippen molar-refractivity contribution in [1.29, 1.82) is 0 Å². The number of amides is 1. The number of nitrogens with zero attached hydrogens (tertiary/aromatic N) is 1. The first kappa shape index (κ1) is 10.5. The third-order valence-corrected chi connectivity index (χ3v) is 3.57. The Bertz CT molecular complexity index is 286. The third-order valence-electron chi connectivity index (χ3n) is 3.57. The summed E-state index contributed by atoms with van der Waals surface area (Å²) in [6, 6.07) is 0.432. The van der Waals surface area contributed by atoms with Gasteiger partial charge in [0.1, 0.15) is 0 Å². The first-order chi connectivity index (χ1) is 7.09. The minimum atomic E-state index is -0.751. The van der Waals surface area contributed by atoms with Crippen LogP contribution in [0.4, 0.5) is 0 Å². The second-order valence-electron chi connectivity index (χ2n) is 4.73. The summed E-state index contributed by atoms with van der Waals surface area (Å²) >= 11 is 0. The maximum absolute atomic E-state index is 11.9. The number of carboxylic acids is 1. The molecule has 2 rings (SSSR count). The molecule has 84 valence electrons. The molecule has 0 aromatic rings. The smallest absolute Gasteiger partial charge is 0.306 e. The molecule has 0 aromatic carbocycles. The Balaban J connectivity index is 1.89. The highest BCUT2D eigenvalue weighted by atomic mass is 16.4. The Morgan fingerprint density at radius 2 is 1.73 bits per heavy atom. The zero-order chi connectivity index (χ0) is 11.0. The molecule has 0 aliphatic heterocycles. The quantitative estimate of drug-likeness (QED) is 0.760. The first-order valence-electron chi connectivity index (χ1n) is 5.59. The number of hydrogen-bond donors (Lipinski definition) is 1. The summed E-state index contributed by atoms with van der Waals surface area (Å²) in [5.74, 6) is -0.941. The summed E-state index contributed by atoms with van der Waals surface area (Å²) in [5.41, 5.74) is 0. The van der Waals surface area contributed by atoms with Gasteiger partial charge in [0.25, 0.3) is 0 Å². The fourth-order valence-corrected chi connectivity index (χ4v) is 2.36. The van der Waals surface area contributed by atoms with Gasteiger partial charge in [-0.3, -0.25) is 9.59 Å². The van der Waals surface area contributed by atoms with Crippen LogP contribution < -0.4 is 0 Å². The van der Waals surface area contributed by atoms with Gasteiger partial charge in [-0.25, -0.2) is 0 Å². The molecule has 2 fully saturated rings. The predicted octanol–water partition coefficient (Wildman–Crippen LogP) is 1.11. The molecular formula is C11H17NO3. The number of carbonyl (C=O) groups excluding carboxylic acids is 1. The van der Waals surface area contributed by atoms with E-state index in [1.807, 2.05) is 11.9 Å². The van der Waals surface area contributed by atoms with Crippen LogP contribution in [-0.2, 0) is 9.59 Å². The molecule has 1 amide bonds. The van der Waals surface area contributed by atoms with E-state index in [2.05, 4.69) is 0 Å². The Labute approximate surface area is 89.3 Å². The Kier molecular flexibility index (Phi) is 2.67. The lowest BCUT2D eigenvalue weighted by atomic mass is 10.0. The van der Waals surface area contributed by atoms with Crippen molar-refractivity contribution in [2.45, 2.75) is 38.1 Å². The SMILES string of the molecule is CN(C(=O)[C@@H]1CC[C@H](C(=O)O)C1)C1CC1. The van der Waals surface area contributed by atoms with Gasteiger partial charge in [0.15, 0.2) is 0 Å². The van der Waals surface area contributed by atoms with Crippen molar-refractivity contribution >= 4 is 11.9 Å². The van der Waals surface area contributed by atoms with Crippen LogP contribution in [0.15, 0.2) is 0 Å². The van der Waals surface area contributed by atoms with Crippen LogP contribution in [0.1, 0.15) is 32.1 Å². The molecule has 2 aliphatic carbocycles. The molecule has 4 nitrogen and oxygen atoms in total. The zero-order valence-corrected chi connectivity index (χ0v) is 8.98. The van der Waals surface area contributed by atoms with Crippen molar-refractivity contribution in [3.63, 3.8) is 0 Å². The largest absolute Gasteiger partial charge is 0.481 e. The Morgan fingerprint density at radius 1 is 1.13 bits per heavy atom. The number of carboxylic acid groups (broad SMARTS) is 1. The lowest BCUT2D eigenvalue weighted by Crippen LogP contribution is -2.33. The molecule has 0 spiro atoms. The van der Waals surface area contributed by atoms with Crippen LogP contribution in [-0.4, -0.2) is 35.0 Å². The molecule has 0 aromatic heterocycles. The number of rotatable bonds is 3. The summed E-state index contributed by atoms with van der Waals surface area (Å²) < 4.78 is 0. The van der Waals surface area contributed by atoms with E-state index >= 15 is 0 Å². The molecule has 4 heteroatoms. The van der Waals surface area contributed by atoms with Gasteiger partial charge < -0.3 is 10.0 Å². The molecule has 2 atom stereocenters. The van der Waals surface area contributed by atoms with Gasteiger partial charge in [-0.05, 0) is 32.1 Å². The summed E-state index contributed by atoms with van der Waals surface area (Å²) in [6.45, 7) is 0. The molecule has 1 N–H and O–H groups in total. The zero-order valence-electron chi connectivity index (χ0n) is 8.98.